The molecule has 0 aromatic heterocycles. The Labute approximate surface area is 151 Å². The Bertz CT molecular complexity index is 612. The lowest BCUT2D eigenvalue weighted by Crippen LogP contribution is -2.13. The van der Waals surface area contributed by atoms with E-state index in [1.54, 1.807) is 0 Å². The van der Waals surface area contributed by atoms with Gasteiger partial charge in [-0.1, -0.05) is 26.8 Å². The molecule has 0 unspecified atom stereocenters. The number of rotatable bonds is 11. The summed E-state index contributed by atoms with van der Waals surface area (Å²) in [5, 5.41) is 6.82. The topological polar surface area (TPSA) is 42.5 Å². The lowest BCUT2D eigenvalue weighted by Gasteiger charge is -2.12. The van der Waals surface area contributed by atoms with Crippen LogP contribution in [0.2, 0.25) is 0 Å². The summed E-state index contributed by atoms with van der Waals surface area (Å²) in [6.07, 6.45) is 1.02. The molecule has 0 atom stereocenters. The molecule has 2 aromatic carbocycles. The molecule has 0 saturated heterocycles. The molecule has 0 bridgehead atoms. The van der Waals surface area contributed by atoms with E-state index in [-0.39, 0.29) is 0 Å². The highest BCUT2D eigenvalue weighted by molar-refractivity contribution is 5.49. The fourth-order valence-electron chi connectivity index (χ4n) is 2.26. The van der Waals surface area contributed by atoms with Crippen LogP contribution in [0.15, 0.2) is 48.5 Å². The zero-order valence-electron chi connectivity index (χ0n) is 15.5. The Morgan fingerprint density at radius 3 is 2.24 bits per heavy atom. The SMILES string of the molecule is CCCOc1ccc(NCCNc2cccc(OCC(C)C)c2)cc1. The summed E-state index contributed by atoms with van der Waals surface area (Å²) in [4.78, 5) is 0. The van der Waals surface area contributed by atoms with Gasteiger partial charge >= 0.3 is 0 Å². The van der Waals surface area contributed by atoms with Gasteiger partial charge in [0.25, 0.3) is 0 Å². The van der Waals surface area contributed by atoms with Crippen molar-refractivity contribution in [3.8, 4) is 11.5 Å². The van der Waals surface area contributed by atoms with Crippen LogP contribution in [0.3, 0.4) is 0 Å². The first-order chi connectivity index (χ1) is 12.2. The second-order valence-corrected chi connectivity index (χ2v) is 6.46. The monoisotopic (exact) mass is 342 g/mol. The fraction of sp³-hybridized carbons (Fsp3) is 0.429. The van der Waals surface area contributed by atoms with Crippen molar-refractivity contribution in [2.24, 2.45) is 5.92 Å². The predicted octanol–water partition coefficient (Wildman–Crippen LogP) is 5.03. The molecular formula is C21H30N2O2. The average Bonchev–Trinajstić information content (AvgIpc) is 2.63. The molecule has 25 heavy (non-hydrogen) atoms. The molecule has 4 heteroatoms. The standard InChI is InChI=1S/C21H30N2O2/c1-4-14-24-20-10-8-18(9-11-20)22-12-13-23-19-6-5-7-21(15-19)25-16-17(2)3/h5-11,15,17,22-23H,4,12-14,16H2,1-3H3. The minimum Gasteiger partial charge on any atom is -0.494 e. The van der Waals surface area contributed by atoms with E-state index in [2.05, 4.69) is 37.5 Å². The molecule has 0 amide bonds. The van der Waals surface area contributed by atoms with Crippen LogP contribution in [0.4, 0.5) is 11.4 Å². The van der Waals surface area contributed by atoms with Crippen molar-refractivity contribution in [2.75, 3.05) is 36.9 Å². The van der Waals surface area contributed by atoms with Crippen molar-refractivity contribution in [1.82, 2.24) is 0 Å². The average molecular weight is 342 g/mol. The summed E-state index contributed by atoms with van der Waals surface area (Å²) in [6, 6.07) is 16.2. The molecule has 0 aliphatic carbocycles. The number of anilines is 2. The van der Waals surface area contributed by atoms with Crippen molar-refractivity contribution >= 4 is 11.4 Å². The molecule has 0 heterocycles. The van der Waals surface area contributed by atoms with Crippen LogP contribution in [0.5, 0.6) is 11.5 Å². The molecule has 4 nitrogen and oxygen atoms in total. The van der Waals surface area contributed by atoms with Gasteiger partial charge < -0.3 is 20.1 Å². The van der Waals surface area contributed by atoms with Crippen molar-refractivity contribution in [3.63, 3.8) is 0 Å². The van der Waals surface area contributed by atoms with Crippen molar-refractivity contribution in [2.45, 2.75) is 27.2 Å². The van der Waals surface area contributed by atoms with E-state index in [1.807, 2.05) is 42.5 Å². The van der Waals surface area contributed by atoms with Crippen LogP contribution in [-0.4, -0.2) is 26.3 Å². The second kappa shape index (κ2) is 10.5. The Morgan fingerprint density at radius 2 is 1.56 bits per heavy atom. The van der Waals surface area contributed by atoms with Crippen LogP contribution in [0.25, 0.3) is 0 Å². The Morgan fingerprint density at radius 1 is 0.840 bits per heavy atom. The molecular weight excluding hydrogens is 312 g/mol. The maximum atomic E-state index is 5.76. The maximum Gasteiger partial charge on any atom is 0.121 e. The minimum atomic E-state index is 0.527. The van der Waals surface area contributed by atoms with E-state index in [0.29, 0.717) is 5.92 Å². The van der Waals surface area contributed by atoms with Crippen LogP contribution in [0.1, 0.15) is 27.2 Å². The van der Waals surface area contributed by atoms with Gasteiger partial charge in [0.05, 0.1) is 13.2 Å². The first kappa shape index (κ1) is 19.0. The number of ether oxygens (including phenoxy) is 2. The third-order valence-corrected chi connectivity index (χ3v) is 3.53. The molecule has 0 aliphatic heterocycles. The Kier molecular flexibility index (Phi) is 7.96. The highest BCUT2D eigenvalue weighted by atomic mass is 16.5. The largest absolute Gasteiger partial charge is 0.494 e. The zero-order valence-corrected chi connectivity index (χ0v) is 15.5. The van der Waals surface area contributed by atoms with Gasteiger partial charge in [0, 0.05) is 30.5 Å². The molecule has 0 aliphatic rings. The summed E-state index contributed by atoms with van der Waals surface area (Å²) in [5.74, 6) is 2.36. The lowest BCUT2D eigenvalue weighted by molar-refractivity contribution is 0.271. The molecule has 2 aromatic rings. The number of hydrogen-bond acceptors (Lipinski definition) is 4. The van der Waals surface area contributed by atoms with Crippen molar-refractivity contribution < 1.29 is 9.47 Å². The summed E-state index contributed by atoms with van der Waals surface area (Å²) < 4.78 is 11.3. The Hall–Kier alpha value is -2.36. The lowest BCUT2D eigenvalue weighted by atomic mass is 10.2. The van der Waals surface area contributed by atoms with Crippen LogP contribution < -0.4 is 20.1 Å². The van der Waals surface area contributed by atoms with E-state index >= 15 is 0 Å². The van der Waals surface area contributed by atoms with Crippen molar-refractivity contribution in [1.29, 1.82) is 0 Å². The van der Waals surface area contributed by atoms with Crippen LogP contribution in [-0.2, 0) is 0 Å². The summed E-state index contributed by atoms with van der Waals surface area (Å²) in [5.41, 5.74) is 2.17. The van der Waals surface area contributed by atoms with Gasteiger partial charge in [-0.25, -0.2) is 0 Å². The first-order valence-electron chi connectivity index (χ1n) is 9.11. The highest BCUT2D eigenvalue weighted by Gasteiger charge is 1.99. The first-order valence-corrected chi connectivity index (χ1v) is 9.11. The van der Waals surface area contributed by atoms with Crippen LogP contribution >= 0.6 is 0 Å². The number of nitrogens with one attached hydrogen (secondary N) is 2. The predicted molar refractivity (Wildman–Crippen MR) is 106 cm³/mol. The van der Waals surface area contributed by atoms with Gasteiger partial charge in [0.15, 0.2) is 0 Å². The molecule has 2 N–H and O–H groups in total. The summed E-state index contributed by atoms with van der Waals surface area (Å²) in [7, 11) is 0. The van der Waals surface area contributed by atoms with E-state index in [0.717, 1.165) is 55.6 Å². The van der Waals surface area contributed by atoms with Gasteiger partial charge in [-0.2, -0.15) is 0 Å². The second-order valence-electron chi connectivity index (χ2n) is 6.46. The van der Waals surface area contributed by atoms with E-state index < -0.39 is 0 Å². The minimum absolute atomic E-state index is 0.527. The van der Waals surface area contributed by atoms with Gasteiger partial charge in [0.1, 0.15) is 11.5 Å². The molecule has 0 saturated carbocycles. The van der Waals surface area contributed by atoms with Crippen LogP contribution in [0, 0.1) is 5.92 Å². The van der Waals surface area contributed by atoms with Gasteiger partial charge in [-0.3, -0.25) is 0 Å². The fourth-order valence-corrected chi connectivity index (χ4v) is 2.26. The molecule has 136 valence electrons. The molecule has 0 fully saturated rings. The Balaban J connectivity index is 1.71. The third kappa shape index (κ3) is 7.38. The zero-order chi connectivity index (χ0) is 17.9. The maximum absolute atomic E-state index is 5.76. The van der Waals surface area contributed by atoms with E-state index in [9.17, 15) is 0 Å². The summed E-state index contributed by atoms with van der Waals surface area (Å²) >= 11 is 0. The number of benzene rings is 2. The van der Waals surface area contributed by atoms with E-state index in [4.69, 9.17) is 9.47 Å². The normalized spacial score (nSPS) is 10.6. The van der Waals surface area contributed by atoms with Gasteiger partial charge in [-0.15, -0.1) is 0 Å². The quantitative estimate of drug-likeness (QED) is 0.562. The highest BCUT2D eigenvalue weighted by Crippen LogP contribution is 2.18. The molecule has 0 radical (unpaired) electrons. The summed E-state index contributed by atoms with van der Waals surface area (Å²) in [6.45, 7) is 9.58. The van der Waals surface area contributed by atoms with Crippen molar-refractivity contribution in [3.05, 3.63) is 48.5 Å². The molecule has 2 rings (SSSR count). The smallest absolute Gasteiger partial charge is 0.121 e. The van der Waals surface area contributed by atoms with E-state index in [1.165, 1.54) is 0 Å². The third-order valence-electron chi connectivity index (χ3n) is 3.53. The van der Waals surface area contributed by atoms with Gasteiger partial charge in [0.2, 0.25) is 0 Å². The van der Waals surface area contributed by atoms with Gasteiger partial charge in [-0.05, 0) is 48.7 Å². The number of hydrogen-bond donors (Lipinski definition) is 2. The molecule has 0 spiro atoms.